The summed E-state index contributed by atoms with van der Waals surface area (Å²) in [7, 11) is 1.26. The summed E-state index contributed by atoms with van der Waals surface area (Å²) in [5, 5.41) is 20.7. The molecule has 0 aliphatic carbocycles. The molecular weight excluding hydrogens is 375 g/mol. The van der Waals surface area contributed by atoms with Crippen molar-refractivity contribution in [3.8, 4) is 0 Å². The number of amides is 1. The minimum Gasteiger partial charge on any atom is -0.392 e. The van der Waals surface area contributed by atoms with Crippen LogP contribution in [-0.2, 0) is 13.1 Å². The average molecular weight is 398 g/mol. The first-order chi connectivity index (χ1) is 13.9. The molecule has 152 valence electrons. The molecule has 1 aliphatic rings. The summed E-state index contributed by atoms with van der Waals surface area (Å²) in [5.74, 6) is -0.863. The molecule has 3 aromatic rings. The Hall–Kier alpha value is -2.81. The molecule has 7 nitrogen and oxygen atoms in total. The fourth-order valence-corrected chi connectivity index (χ4v) is 3.78. The molecule has 1 amide bonds. The molecule has 8 heteroatoms. The molecule has 0 bridgehead atoms. The number of rotatable bonds is 5. The highest BCUT2D eigenvalue weighted by Crippen LogP contribution is 2.26. The lowest BCUT2D eigenvalue weighted by Crippen LogP contribution is -2.23. The summed E-state index contributed by atoms with van der Waals surface area (Å²) in [6, 6.07) is 8.03. The van der Waals surface area contributed by atoms with E-state index in [9.17, 15) is 19.5 Å². The van der Waals surface area contributed by atoms with Crippen molar-refractivity contribution in [1.29, 1.82) is 0 Å². The molecule has 1 aliphatic heterocycles. The Morgan fingerprint density at radius 1 is 1.31 bits per heavy atom. The summed E-state index contributed by atoms with van der Waals surface area (Å²) in [6.07, 6.45) is 4.06. The van der Waals surface area contributed by atoms with Gasteiger partial charge >= 0.3 is 0 Å². The van der Waals surface area contributed by atoms with Gasteiger partial charge < -0.3 is 9.67 Å². The Labute approximate surface area is 167 Å². The number of aromatic nitrogens is 2. The zero-order chi connectivity index (χ0) is 20.5. The number of hydroxylamine groups is 2. The molecular formula is C21H23FN4O3. The second-order valence-electron chi connectivity index (χ2n) is 7.50. The van der Waals surface area contributed by atoms with Gasteiger partial charge in [0, 0.05) is 44.8 Å². The van der Waals surface area contributed by atoms with Crippen LogP contribution in [0.15, 0.2) is 42.7 Å². The number of fused-ring (bicyclic) bond motifs is 1. The van der Waals surface area contributed by atoms with Gasteiger partial charge in [0.1, 0.15) is 11.5 Å². The molecule has 2 aromatic heterocycles. The number of halogens is 1. The lowest BCUT2D eigenvalue weighted by molar-refractivity contribution is -0.0379. The fraction of sp³-hybridized carbons (Fsp3) is 0.333. The van der Waals surface area contributed by atoms with Crippen molar-refractivity contribution in [2.75, 3.05) is 20.1 Å². The van der Waals surface area contributed by atoms with Crippen molar-refractivity contribution in [2.45, 2.75) is 25.6 Å². The van der Waals surface area contributed by atoms with E-state index in [-0.39, 0.29) is 17.6 Å². The third-order valence-corrected chi connectivity index (χ3v) is 5.27. The van der Waals surface area contributed by atoms with Crippen LogP contribution in [0.4, 0.5) is 4.39 Å². The first kappa shape index (κ1) is 19.5. The highest BCUT2D eigenvalue weighted by Gasteiger charge is 2.22. The number of nitrogens with zero attached hydrogens (tertiary/aromatic N) is 4. The first-order valence-corrected chi connectivity index (χ1v) is 9.50. The van der Waals surface area contributed by atoms with Crippen molar-refractivity contribution in [3.63, 3.8) is 0 Å². The van der Waals surface area contributed by atoms with Gasteiger partial charge in [-0.3, -0.25) is 14.9 Å². The van der Waals surface area contributed by atoms with Gasteiger partial charge in [-0.25, -0.2) is 14.4 Å². The maximum Gasteiger partial charge on any atom is 0.295 e. The maximum atomic E-state index is 13.2. The van der Waals surface area contributed by atoms with Gasteiger partial charge in [-0.15, -0.1) is 0 Å². The van der Waals surface area contributed by atoms with Crippen LogP contribution in [0.5, 0.6) is 0 Å². The van der Waals surface area contributed by atoms with Crippen LogP contribution in [-0.4, -0.2) is 62.0 Å². The predicted molar refractivity (Wildman–Crippen MR) is 105 cm³/mol. The number of benzene rings is 1. The third-order valence-electron chi connectivity index (χ3n) is 5.27. The van der Waals surface area contributed by atoms with Gasteiger partial charge in [-0.2, -0.15) is 0 Å². The third kappa shape index (κ3) is 4.14. The van der Waals surface area contributed by atoms with Crippen LogP contribution in [0.3, 0.4) is 0 Å². The number of pyridine rings is 1. The van der Waals surface area contributed by atoms with Gasteiger partial charge in [0.15, 0.2) is 0 Å². The SMILES string of the molecule is CN(O)C(=O)c1cc2c(CN3CC[C@@H](O)C3)cn(Cc3ccc(F)cc3)c2cn1. The number of carbonyl (C=O) groups excluding carboxylic acids is 1. The second kappa shape index (κ2) is 7.90. The minimum atomic E-state index is -0.583. The van der Waals surface area contributed by atoms with Crippen LogP contribution < -0.4 is 0 Å². The molecule has 0 spiro atoms. The fourth-order valence-electron chi connectivity index (χ4n) is 3.78. The molecule has 1 saturated heterocycles. The molecule has 0 unspecified atom stereocenters. The molecule has 1 atom stereocenters. The average Bonchev–Trinajstić information content (AvgIpc) is 3.26. The lowest BCUT2D eigenvalue weighted by Gasteiger charge is -2.14. The van der Waals surface area contributed by atoms with Gasteiger partial charge in [0.25, 0.3) is 5.91 Å². The van der Waals surface area contributed by atoms with Crippen molar-refractivity contribution in [1.82, 2.24) is 19.5 Å². The van der Waals surface area contributed by atoms with E-state index in [0.29, 0.717) is 24.7 Å². The van der Waals surface area contributed by atoms with E-state index in [2.05, 4.69) is 9.88 Å². The van der Waals surface area contributed by atoms with Crippen LogP contribution in [0, 0.1) is 5.82 Å². The lowest BCUT2D eigenvalue weighted by atomic mass is 10.1. The number of β-amino-alcohol motifs (C(OH)–C–C–N with tert-alkyl or cyclic N) is 1. The number of carbonyl (C=O) groups is 1. The molecule has 0 radical (unpaired) electrons. The number of likely N-dealkylation sites (tertiary alicyclic amines) is 1. The van der Waals surface area contributed by atoms with Crippen LogP contribution >= 0.6 is 0 Å². The Bertz CT molecular complexity index is 1030. The van der Waals surface area contributed by atoms with Gasteiger partial charge in [0.2, 0.25) is 0 Å². The standard InChI is InChI=1S/C21H23FN4O3/c1-24(29)21(28)19-8-18-15(11-25-7-6-17(27)13-25)12-26(20(18)9-23-19)10-14-2-4-16(22)5-3-14/h2-5,8-9,12,17,27,29H,6-7,10-11,13H2,1H3/t17-/m1/s1. The van der Waals surface area contributed by atoms with Crippen molar-refractivity contribution >= 4 is 16.8 Å². The van der Waals surface area contributed by atoms with Gasteiger partial charge in [0.05, 0.1) is 17.8 Å². The Morgan fingerprint density at radius 3 is 2.72 bits per heavy atom. The Balaban J connectivity index is 1.72. The summed E-state index contributed by atoms with van der Waals surface area (Å²) >= 11 is 0. The van der Waals surface area contributed by atoms with E-state index in [1.165, 1.54) is 19.2 Å². The quantitative estimate of drug-likeness (QED) is 0.509. The summed E-state index contributed by atoms with van der Waals surface area (Å²) < 4.78 is 15.2. The van der Waals surface area contributed by atoms with Crippen LogP contribution in [0.25, 0.3) is 10.9 Å². The minimum absolute atomic E-state index is 0.157. The van der Waals surface area contributed by atoms with Crippen molar-refractivity contribution in [2.24, 2.45) is 0 Å². The van der Waals surface area contributed by atoms with Crippen LogP contribution in [0.2, 0.25) is 0 Å². The van der Waals surface area contributed by atoms with E-state index in [1.54, 1.807) is 24.4 Å². The smallest absolute Gasteiger partial charge is 0.295 e. The summed E-state index contributed by atoms with van der Waals surface area (Å²) in [4.78, 5) is 18.5. The number of aliphatic hydroxyl groups is 1. The van der Waals surface area contributed by atoms with Gasteiger partial charge in [-0.05, 0) is 35.7 Å². The first-order valence-electron chi connectivity index (χ1n) is 9.50. The van der Waals surface area contributed by atoms with Crippen LogP contribution in [0.1, 0.15) is 28.0 Å². The summed E-state index contributed by atoms with van der Waals surface area (Å²) in [5.41, 5.74) is 2.96. The Kier molecular flexibility index (Phi) is 5.31. The second-order valence-corrected chi connectivity index (χ2v) is 7.50. The van der Waals surface area contributed by atoms with E-state index in [4.69, 9.17) is 0 Å². The molecule has 29 heavy (non-hydrogen) atoms. The monoisotopic (exact) mass is 398 g/mol. The van der Waals surface area contributed by atoms with E-state index in [1.807, 2.05) is 10.8 Å². The number of hydrogen-bond acceptors (Lipinski definition) is 5. The van der Waals surface area contributed by atoms with Crippen molar-refractivity contribution in [3.05, 3.63) is 65.4 Å². The largest absolute Gasteiger partial charge is 0.392 e. The molecule has 1 aromatic carbocycles. The topological polar surface area (TPSA) is 81.8 Å². The van der Waals surface area contributed by atoms with E-state index < -0.39 is 5.91 Å². The van der Waals surface area contributed by atoms with Crippen molar-refractivity contribution < 1.29 is 19.5 Å². The normalized spacial score (nSPS) is 17.2. The summed E-state index contributed by atoms with van der Waals surface area (Å²) in [6.45, 7) is 2.59. The molecule has 1 fully saturated rings. The predicted octanol–water partition coefficient (Wildman–Crippen LogP) is 2.25. The Morgan fingerprint density at radius 2 is 2.07 bits per heavy atom. The van der Waals surface area contributed by atoms with E-state index in [0.717, 1.165) is 35.0 Å². The zero-order valence-corrected chi connectivity index (χ0v) is 16.1. The molecule has 3 heterocycles. The zero-order valence-electron chi connectivity index (χ0n) is 16.1. The number of hydrogen-bond donors (Lipinski definition) is 2. The highest BCUT2D eigenvalue weighted by molar-refractivity contribution is 5.96. The number of aliphatic hydroxyl groups excluding tert-OH is 1. The molecule has 0 saturated carbocycles. The molecule has 4 rings (SSSR count). The van der Waals surface area contributed by atoms with E-state index >= 15 is 0 Å². The molecule has 2 N–H and O–H groups in total. The van der Waals surface area contributed by atoms with Gasteiger partial charge in [-0.1, -0.05) is 12.1 Å². The highest BCUT2D eigenvalue weighted by atomic mass is 19.1. The maximum absolute atomic E-state index is 13.2.